The monoisotopic (exact) mass is 294 g/mol. The molecular weight excluding hydrogens is 267 g/mol. The fourth-order valence-electron chi connectivity index (χ4n) is 3.02. The Bertz CT molecular complexity index is 452. The number of aryl methyl sites for hydroxylation is 1. The van der Waals surface area contributed by atoms with Crippen molar-refractivity contribution in [1.29, 1.82) is 0 Å². The fraction of sp³-hybridized carbons (Fsp3) is 0.647. The highest BCUT2D eigenvalue weighted by molar-refractivity contribution is 5.25. The van der Waals surface area contributed by atoms with Crippen LogP contribution in [0.5, 0.6) is 0 Å². The van der Waals surface area contributed by atoms with Crippen LogP contribution in [-0.2, 0) is 4.74 Å². The van der Waals surface area contributed by atoms with E-state index in [0.29, 0.717) is 11.7 Å². The number of benzene rings is 1. The number of rotatable bonds is 6. The second-order valence-electron chi connectivity index (χ2n) is 5.94. The summed E-state index contributed by atoms with van der Waals surface area (Å²) in [7, 11) is 3.73. The molecule has 1 aromatic carbocycles. The summed E-state index contributed by atoms with van der Waals surface area (Å²) in [5.74, 6) is -0.120. The van der Waals surface area contributed by atoms with Gasteiger partial charge in [0.15, 0.2) is 0 Å². The predicted molar refractivity (Wildman–Crippen MR) is 84.0 cm³/mol. The second kappa shape index (κ2) is 7.87. The van der Waals surface area contributed by atoms with Crippen molar-refractivity contribution < 1.29 is 9.13 Å². The maximum absolute atomic E-state index is 13.7. The van der Waals surface area contributed by atoms with Gasteiger partial charge in [-0.25, -0.2) is 4.39 Å². The molecule has 0 saturated carbocycles. The molecule has 0 aromatic heterocycles. The van der Waals surface area contributed by atoms with E-state index in [-0.39, 0.29) is 11.9 Å². The van der Waals surface area contributed by atoms with Gasteiger partial charge in [-0.1, -0.05) is 12.1 Å². The number of hydrogen-bond acceptors (Lipinski definition) is 3. The van der Waals surface area contributed by atoms with Gasteiger partial charge in [-0.15, -0.1) is 0 Å². The van der Waals surface area contributed by atoms with Gasteiger partial charge >= 0.3 is 0 Å². The van der Waals surface area contributed by atoms with Crippen LogP contribution in [0, 0.1) is 12.7 Å². The summed E-state index contributed by atoms with van der Waals surface area (Å²) in [5, 5.41) is 3.31. The largest absolute Gasteiger partial charge is 0.380 e. The molecule has 3 nitrogen and oxygen atoms in total. The zero-order chi connectivity index (χ0) is 15.2. The predicted octanol–water partition coefficient (Wildman–Crippen LogP) is 2.90. The van der Waals surface area contributed by atoms with Gasteiger partial charge in [0.05, 0.1) is 6.10 Å². The van der Waals surface area contributed by atoms with Crippen molar-refractivity contribution in [3.63, 3.8) is 0 Å². The van der Waals surface area contributed by atoms with Crippen molar-refractivity contribution in [2.75, 3.05) is 33.8 Å². The van der Waals surface area contributed by atoms with E-state index < -0.39 is 0 Å². The molecule has 21 heavy (non-hydrogen) atoms. The minimum atomic E-state index is -0.120. The molecule has 4 heteroatoms. The Hall–Kier alpha value is -0.970. The lowest BCUT2D eigenvalue weighted by molar-refractivity contribution is 0.0302. The van der Waals surface area contributed by atoms with E-state index in [2.05, 4.69) is 10.2 Å². The molecule has 0 bridgehead atoms. The van der Waals surface area contributed by atoms with Gasteiger partial charge in [0.2, 0.25) is 0 Å². The highest BCUT2D eigenvalue weighted by atomic mass is 19.1. The Morgan fingerprint density at radius 3 is 2.95 bits per heavy atom. The lowest BCUT2D eigenvalue weighted by Crippen LogP contribution is -2.40. The van der Waals surface area contributed by atoms with E-state index in [9.17, 15) is 4.39 Å². The average Bonchev–Trinajstić information content (AvgIpc) is 2.51. The van der Waals surface area contributed by atoms with Gasteiger partial charge in [0, 0.05) is 26.2 Å². The molecule has 1 heterocycles. The number of ether oxygens (including phenoxy) is 1. The van der Waals surface area contributed by atoms with Crippen molar-refractivity contribution in [1.82, 2.24) is 10.2 Å². The van der Waals surface area contributed by atoms with E-state index in [1.54, 1.807) is 20.1 Å². The molecule has 1 saturated heterocycles. The molecule has 0 aliphatic carbocycles. The number of hydrogen-bond donors (Lipinski definition) is 1. The smallest absolute Gasteiger partial charge is 0.126 e. The summed E-state index contributed by atoms with van der Waals surface area (Å²) in [4.78, 5) is 2.45. The van der Waals surface area contributed by atoms with E-state index in [4.69, 9.17) is 4.74 Å². The van der Waals surface area contributed by atoms with Crippen LogP contribution in [0.4, 0.5) is 4.39 Å². The maximum Gasteiger partial charge on any atom is 0.126 e. The summed E-state index contributed by atoms with van der Waals surface area (Å²) < 4.78 is 19.2. The molecule has 0 spiro atoms. The summed E-state index contributed by atoms with van der Waals surface area (Å²) in [6.07, 6.45) is 3.70. The van der Waals surface area contributed by atoms with Crippen LogP contribution in [0.25, 0.3) is 0 Å². The highest BCUT2D eigenvalue weighted by Gasteiger charge is 2.20. The minimum absolute atomic E-state index is 0.120. The van der Waals surface area contributed by atoms with Crippen LogP contribution < -0.4 is 5.32 Å². The summed E-state index contributed by atoms with van der Waals surface area (Å²) in [6, 6.07) is 5.73. The van der Waals surface area contributed by atoms with Crippen molar-refractivity contribution in [2.24, 2.45) is 0 Å². The van der Waals surface area contributed by atoms with E-state index >= 15 is 0 Å². The van der Waals surface area contributed by atoms with Crippen LogP contribution >= 0.6 is 0 Å². The Kier molecular flexibility index (Phi) is 6.15. The molecule has 1 fully saturated rings. The fourth-order valence-corrected chi connectivity index (χ4v) is 3.02. The van der Waals surface area contributed by atoms with Gasteiger partial charge in [0.25, 0.3) is 0 Å². The minimum Gasteiger partial charge on any atom is -0.380 e. The summed E-state index contributed by atoms with van der Waals surface area (Å²) >= 11 is 0. The zero-order valence-corrected chi connectivity index (χ0v) is 13.4. The van der Waals surface area contributed by atoms with Gasteiger partial charge < -0.3 is 15.0 Å². The van der Waals surface area contributed by atoms with Crippen LogP contribution in [-0.4, -0.2) is 44.8 Å². The summed E-state index contributed by atoms with van der Waals surface area (Å²) in [5.41, 5.74) is 1.73. The number of nitrogens with one attached hydrogen (secondary N) is 1. The van der Waals surface area contributed by atoms with E-state index in [1.807, 2.05) is 19.2 Å². The molecule has 2 rings (SSSR count). The van der Waals surface area contributed by atoms with Crippen molar-refractivity contribution in [2.45, 2.75) is 38.3 Å². The van der Waals surface area contributed by atoms with Gasteiger partial charge in [0.1, 0.15) is 5.82 Å². The Morgan fingerprint density at radius 2 is 2.29 bits per heavy atom. The third-order valence-electron chi connectivity index (χ3n) is 4.48. The number of likely N-dealkylation sites (tertiary alicyclic amines) is 1. The van der Waals surface area contributed by atoms with Crippen molar-refractivity contribution in [3.05, 3.63) is 35.1 Å². The van der Waals surface area contributed by atoms with Gasteiger partial charge in [-0.3, -0.25) is 0 Å². The molecular formula is C17H27FN2O. The summed E-state index contributed by atoms with van der Waals surface area (Å²) in [6.45, 7) is 4.96. The van der Waals surface area contributed by atoms with Crippen LogP contribution in [0.3, 0.4) is 0 Å². The SMILES string of the molecule is CNC(CCN1CCCC(OC)C1)c1ccc(C)c(F)c1. The average molecular weight is 294 g/mol. The third kappa shape index (κ3) is 4.50. The van der Waals surface area contributed by atoms with E-state index in [0.717, 1.165) is 38.0 Å². The van der Waals surface area contributed by atoms with Crippen molar-refractivity contribution in [3.8, 4) is 0 Å². The number of nitrogens with zero attached hydrogens (tertiary/aromatic N) is 1. The normalized spacial score (nSPS) is 21.4. The first kappa shape index (κ1) is 16.4. The standard InChI is InChI=1S/C17H27FN2O/c1-13-6-7-14(11-16(13)18)17(19-2)8-10-20-9-4-5-15(12-20)21-3/h6-7,11,15,17,19H,4-5,8-10,12H2,1-3H3. The zero-order valence-electron chi connectivity index (χ0n) is 13.4. The molecule has 118 valence electrons. The molecule has 1 aliphatic heterocycles. The topological polar surface area (TPSA) is 24.5 Å². The van der Waals surface area contributed by atoms with Crippen LogP contribution in [0.2, 0.25) is 0 Å². The van der Waals surface area contributed by atoms with Gasteiger partial charge in [-0.05, 0) is 57.0 Å². The Labute approximate surface area is 127 Å². The first-order valence-electron chi connectivity index (χ1n) is 7.82. The highest BCUT2D eigenvalue weighted by Crippen LogP contribution is 2.21. The molecule has 0 amide bonds. The molecule has 1 N–H and O–H groups in total. The van der Waals surface area contributed by atoms with E-state index in [1.165, 1.54) is 6.42 Å². The molecule has 1 aliphatic rings. The molecule has 2 atom stereocenters. The third-order valence-corrected chi connectivity index (χ3v) is 4.48. The lowest BCUT2D eigenvalue weighted by Gasteiger charge is -2.32. The Morgan fingerprint density at radius 1 is 1.48 bits per heavy atom. The first-order valence-corrected chi connectivity index (χ1v) is 7.82. The lowest BCUT2D eigenvalue weighted by atomic mass is 10.0. The molecule has 1 aromatic rings. The molecule has 2 unspecified atom stereocenters. The van der Waals surface area contributed by atoms with Crippen molar-refractivity contribution >= 4 is 0 Å². The number of piperidine rings is 1. The van der Waals surface area contributed by atoms with Crippen LogP contribution in [0.1, 0.15) is 36.4 Å². The van der Waals surface area contributed by atoms with Gasteiger partial charge in [-0.2, -0.15) is 0 Å². The Balaban J connectivity index is 1.91. The maximum atomic E-state index is 13.7. The number of halogens is 1. The first-order chi connectivity index (χ1) is 10.1. The van der Waals surface area contributed by atoms with Crippen LogP contribution in [0.15, 0.2) is 18.2 Å². The quantitative estimate of drug-likeness (QED) is 0.873. The number of methoxy groups -OCH3 is 1. The second-order valence-corrected chi connectivity index (χ2v) is 5.94. The molecule has 0 radical (unpaired) electrons.